The van der Waals surface area contributed by atoms with Crippen molar-refractivity contribution in [2.24, 2.45) is 4.99 Å². The summed E-state index contributed by atoms with van der Waals surface area (Å²) in [4.78, 5) is 4.27. The lowest BCUT2D eigenvalue weighted by atomic mass is 10.0. The Morgan fingerprint density at radius 2 is 1.78 bits per heavy atom. The Balaban J connectivity index is 0.00000192. The van der Waals surface area contributed by atoms with Crippen molar-refractivity contribution in [3.05, 3.63) is 59.7 Å². The van der Waals surface area contributed by atoms with Crippen molar-refractivity contribution in [1.29, 1.82) is 0 Å². The zero-order chi connectivity index (χ0) is 15.4. The quantitative estimate of drug-likeness (QED) is 0.443. The molecule has 0 heterocycles. The monoisotopic (exact) mass is 421 g/mol. The maximum absolute atomic E-state index is 4.27. The number of hydrogen-bond acceptors (Lipinski definition) is 1. The molecule has 0 aromatic heterocycles. The number of benzene rings is 2. The molecule has 0 spiro atoms. The van der Waals surface area contributed by atoms with E-state index in [9.17, 15) is 0 Å². The van der Waals surface area contributed by atoms with Crippen LogP contribution in [0.3, 0.4) is 0 Å². The van der Waals surface area contributed by atoms with Crippen molar-refractivity contribution in [3.63, 3.8) is 0 Å². The molecule has 4 heteroatoms. The molecular formula is C19H24IN3. The molecule has 1 aliphatic rings. The van der Waals surface area contributed by atoms with E-state index >= 15 is 0 Å². The second-order valence-corrected chi connectivity index (χ2v) is 5.91. The molecule has 0 atom stereocenters. The Hall–Kier alpha value is -1.56. The third-order valence-electron chi connectivity index (χ3n) is 3.88. The van der Waals surface area contributed by atoms with Gasteiger partial charge in [0.1, 0.15) is 0 Å². The van der Waals surface area contributed by atoms with Gasteiger partial charge in [0.05, 0.1) is 0 Å². The molecule has 2 aromatic rings. The molecule has 23 heavy (non-hydrogen) atoms. The molecule has 0 unspecified atom stereocenters. The van der Waals surface area contributed by atoms with Gasteiger partial charge >= 0.3 is 0 Å². The van der Waals surface area contributed by atoms with Gasteiger partial charge in [-0.15, -0.1) is 24.0 Å². The van der Waals surface area contributed by atoms with E-state index < -0.39 is 0 Å². The highest BCUT2D eigenvalue weighted by Gasteiger charge is 2.21. The fraction of sp³-hybridized carbons (Fsp3) is 0.316. The fourth-order valence-corrected chi connectivity index (χ4v) is 2.49. The summed E-state index contributed by atoms with van der Waals surface area (Å²) in [6.45, 7) is 2.91. The molecule has 0 bridgehead atoms. The third kappa shape index (κ3) is 5.23. The maximum Gasteiger partial charge on any atom is 0.191 e. The Bertz CT molecular complexity index is 678. The van der Waals surface area contributed by atoms with Gasteiger partial charge in [0.15, 0.2) is 5.96 Å². The van der Waals surface area contributed by atoms with Crippen LogP contribution in [-0.2, 0) is 6.54 Å². The van der Waals surface area contributed by atoms with Crippen molar-refractivity contribution in [3.8, 4) is 11.1 Å². The molecule has 1 fully saturated rings. The van der Waals surface area contributed by atoms with Crippen LogP contribution in [0, 0.1) is 6.92 Å². The van der Waals surface area contributed by atoms with E-state index in [1.807, 2.05) is 7.05 Å². The molecule has 122 valence electrons. The highest BCUT2D eigenvalue weighted by atomic mass is 127. The van der Waals surface area contributed by atoms with Gasteiger partial charge < -0.3 is 10.6 Å². The summed E-state index contributed by atoms with van der Waals surface area (Å²) < 4.78 is 0. The van der Waals surface area contributed by atoms with Gasteiger partial charge in [0, 0.05) is 19.6 Å². The van der Waals surface area contributed by atoms with Gasteiger partial charge in [-0.2, -0.15) is 0 Å². The summed E-state index contributed by atoms with van der Waals surface area (Å²) >= 11 is 0. The van der Waals surface area contributed by atoms with E-state index in [1.165, 1.54) is 35.1 Å². The fourth-order valence-electron chi connectivity index (χ4n) is 2.49. The first-order valence-corrected chi connectivity index (χ1v) is 7.88. The first kappa shape index (κ1) is 17.8. The van der Waals surface area contributed by atoms with Crippen LogP contribution >= 0.6 is 24.0 Å². The van der Waals surface area contributed by atoms with Crippen LogP contribution in [0.2, 0.25) is 0 Å². The van der Waals surface area contributed by atoms with Gasteiger partial charge in [-0.05, 0) is 42.5 Å². The summed E-state index contributed by atoms with van der Waals surface area (Å²) in [5, 5.41) is 6.79. The van der Waals surface area contributed by atoms with Crippen LogP contribution < -0.4 is 10.6 Å². The van der Waals surface area contributed by atoms with Gasteiger partial charge in [-0.3, -0.25) is 4.99 Å². The third-order valence-corrected chi connectivity index (χ3v) is 3.88. The lowest BCUT2D eigenvalue weighted by Gasteiger charge is -2.12. The average Bonchev–Trinajstić information content (AvgIpc) is 3.36. The molecule has 3 rings (SSSR count). The largest absolute Gasteiger partial charge is 0.354 e. The van der Waals surface area contributed by atoms with Gasteiger partial charge in [0.2, 0.25) is 0 Å². The molecule has 1 saturated carbocycles. The lowest BCUT2D eigenvalue weighted by Crippen LogP contribution is -2.38. The van der Waals surface area contributed by atoms with Crippen molar-refractivity contribution < 1.29 is 0 Å². The van der Waals surface area contributed by atoms with E-state index in [2.05, 4.69) is 71.1 Å². The Morgan fingerprint density at radius 3 is 2.43 bits per heavy atom. The van der Waals surface area contributed by atoms with E-state index in [-0.39, 0.29) is 24.0 Å². The summed E-state index contributed by atoms with van der Waals surface area (Å²) in [7, 11) is 1.82. The smallest absolute Gasteiger partial charge is 0.191 e. The molecule has 2 aromatic carbocycles. The first-order chi connectivity index (χ1) is 10.7. The number of guanidine groups is 1. The van der Waals surface area contributed by atoms with E-state index in [0.29, 0.717) is 6.04 Å². The summed E-state index contributed by atoms with van der Waals surface area (Å²) in [6.07, 6.45) is 2.51. The molecule has 2 N–H and O–H groups in total. The highest BCUT2D eigenvalue weighted by molar-refractivity contribution is 14.0. The van der Waals surface area contributed by atoms with Crippen LogP contribution in [0.15, 0.2) is 53.5 Å². The number of halogens is 1. The number of hydrogen-bond donors (Lipinski definition) is 2. The Morgan fingerprint density at radius 1 is 1.09 bits per heavy atom. The summed E-state index contributed by atoms with van der Waals surface area (Å²) in [5.41, 5.74) is 5.07. The average molecular weight is 421 g/mol. The summed E-state index contributed by atoms with van der Waals surface area (Å²) in [6, 6.07) is 17.9. The van der Waals surface area contributed by atoms with Crippen LogP contribution in [0.1, 0.15) is 24.0 Å². The Labute approximate surface area is 155 Å². The van der Waals surface area contributed by atoms with Crippen molar-refractivity contribution in [2.75, 3.05) is 7.05 Å². The molecule has 3 nitrogen and oxygen atoms in total. The van der Waals surface area contributed by atoms with Crippen molar-refractivity contribution >= 4 is 29.9 Å². The molecular weight excluding hydrogens is 397 g/mol. The minimum absolute atomic E-state index is 0. The minimum Gasteiger partial charge on any atom is -0.354 e. The van der Waals surface area contributed by atoms with Crippen LogP contribution in [0.5, 0.6) is 0 Å². The number of rotatable bonds is 4. The van der Waals surface area contributed by atoms with Crippen molar-refractivity contribution in [1.82, 2.24) is 10.6 Å². The van der Waals surface area contributed by atoms with Crippen LogP contribution in [0.4, 0.5) is 0 Å². The standard InChI is InChI=1S/C19H23N3.HI/c1-14-5-3-7-16(11-14)17-8-4-6-15(12-17)13-21-19(20-2)22-18-9-10-18;/h3-8,11-12,18H,9-10,13H2,1-2H3,(H2,20,21,22);1H. The van der Waals surface area contributed by atoms with Crippen LogP contribution in [-0.4, -0.2) is 19.0 Å². The number of nitrogens with one attached hydrogen (secondary N) is 2. The van der Waals surface area contributed by atoms with E-state index in [4.69, 9.17) is 0 Å². The van der Waals surface area contributed by atoms with E-state index in [0.717, 1.165) is 12.5 Å². The second kappa shape index (κ2) is 8.34. The molecule has 0 radical (unpaired) electrons. The zero-order valence-corrected chi connectivity index (χ0v) is 16.0. The first-order valence-electron chi connectivity index (χ1n) is 7.88. The Kier molecular flexibility index (Phi) is 6.45. The number of aryl methyl sites for hydroxylation is 1. The molecule has 0 saturated heterocycles. The van der Waals surface area contributed by atoms with Gasteiger partial charge in [-0.25, -0.2) is 0 Å². The topological polar surface area (TPSA) is 36.4 Å². The summed E-state index contributed by atoms with van der Waals surface area (Å²) in [5.74, 6) is 0.892. The second-order valence-electron chi connectivity index (χ2n) is 5.91. The zero-order valence-electron chi connectivity index (χ0n) is 13.7. The van der Waals surface area contributed by atoms with Crippen molar-refractivity contribution in [2.45, 2.75) is 32.4 Å². The minimum atomic E-state index is 0. The maximum atomic E-state index is 4.27. The number of aliphatic imine (C=N–C) groups is 1. The van der Waals surface area contributed by atoms with Gasteiger partial charge in [0.25, 0.3) is 0 Å². The predicted octanol–water partition coefficient (Wildman–Crippen LogP) is 4.11. The van der Waals surface area contributed by atoms with Crippen LogP contribution in [0.25, 0.3) is 11.1 Å². The molecule has 1 aliphatic carbocycles. The SMILES string of the molecule is CN=C(NCc1cccc(-c2cccc(C)c2)c1)NC1CC1.I. The molecule has 0 aliphatic heterocycles. The lowest BCUT2D eigenvalue weighted by molar-refractivity contribution is 0.805. The normalized spacial score (nSPS) is 14.1. The van der Waals surface area contributed by atoms with Gasteiger partial charge in [-0.1, -0.05) is 48.0 Å². The van der Waals surface area contributed by atoms with E-state index in [1.54, 1.807) is 0 Å². The highest BCUT2D eigenvalue weighted by Crippen LogP contribution is 2.21. The predicted molar refractivity (Wildman–Crippen MR) is 108 cm³/mol. The number of nitrogens with zero attached hydrogens (tertiary/aromatic N) is 1. The molecule has 0 amide bonds.